The molecular weight excluding hydrogens is 256 g/mol. The van der Waals surface area contributed by atoms with Gasteiger partial charge in [0.05, 0.1) is 6.42 Å². The number of amides is 1. The highest BCUT2D eigenvalue weighted by molar-refractivity contribution is 9.10. The van der Waals surface area contributed by atoms with E-state index in [4.69, 9.17) is 5.73 Å². The highest BCUT2D eigenvalue weighted by Crippen LogP contribution is 2.23. The summed E-state index contributed by atoms with van der Waals surface area (Å²) in [5.41, 5.74) is 6.98. The number of carbonyl (C=O) groups is 1. The van der Waals surface area contributed by atoms with Crippen molar-refractivity contribution < 1.29 is 4.79 Å². The maximum absolute atomic E-state index is 10.8. The summed E-state index contributed by atoms with van der Waals surface area (Å²) in [4.78, 5) is 15.2. The highest BCUT2D eigenvalue weighted by Gasteiger charge is 2.17. The predicted molar refractivity (Wildman–Crippen MR) is 63.5 cm³/mol. The lowest BCUT2D eigenvalue weighted by atomic mass is 9.90. The van der Waals surface area contributed by atoms with Crippen LogP contribution in [0.4, 0.5) is 0 Å². The number of aromatic nitrogens is 1. The molecule has 2 N–H and O–H groups in total. The molecule has 0 atom stereocenters. The van der Waals surface area contributed by atoms with Gasteiger partial charge < -0.3 is 5.73 Å². The molecule has 15 heavy (non-hydrogen) atoms. The zero-order valence-corrected chi connectivity index (χ0v) is 10.8. The Morgan fingerprint density at radius 1 is 1.47 bits per heavy atom. The molecule has 1 aromatic heterocycles. The Morgan fingerprint density at radius 3 is 2.53 bits per heavy atom. The van der Waals surface area contributed by atoms with Crippen molar-refractivity contribution in [3.05, 3.63) is 28.0 Å². The monoisotopic (exact) mass is 270 g/mol. The number of halogens is 1. The fourth-order valence-corrected chi connectivity index (χ4v) is 1.72. The molecule has 1 heterocycles. The summed E-state index contributed by atoms with van der Waals surface area (Å²) in [6, 6.07) is 3.75. The molecule has 1 amide bonds. The Hall–Kier alpha value is -0.900. The minimum Gasteiger partial charge on any atom is -0.369 e. The van der Waals surface area contributed by atoms with Gasteiger partial charge in [-0.2, -0.15) is 0 Å². The van der Waals surface area contributed by atoms with Crippen LogP contribution in [0, 0.1) is 0 Å². The maximum atomic E-state index is 10.8. The van der Waals surface area contributed by atoms with Crippen LogP contribution >= 0.6 is 15.9 Å². The molecule has 0 bridgehead atoms. The van der Waals surface area contributed by atoms with Crippen molar-refractivity contribution in [3.8, 4) is 0 Å². The van der Waals surface area contributed by atoms with Crippen molar-refractivity contribution in [1.82, 2.24) is 4.98 Å². The number of carbonyl (C=O) groups excluding carboxylic acids is 1. The second kappa shape index (κ2) is 4.31. The Morgan fingerprint density at radius 2 is 2.07 bits per heavy atom. The summed E-state index contributed by atoms with van der Waals surface area (Å²) < 4.78 is 0.742. The summed E-state index contributed by atoms with van der Waals surface area (Å²) in [6.07, 6.45) is 0.254. The number of primary amides is 1. The summed E-state index contributed by atoms with van der Waals surface area (Å²) in [7, 11) is 0. The summed E-state index contributed by atoms with van der Waals surface area (Å²) >= 11 is 3.33. The van der Waals surface area contributed by atoms with E-state index < -0.39 is 0 Å². The molecule has 0 saturated heterocycles. The Balaban J connectivity index is 3.11. The van der Waals surface area contributed by atoms with Crippen LogP contribution in [0.5, 0.6) is 0 Å². The normalized spacial score (nSPS) is 11.5. The van der Waals surface area contributed by atoms with E-state index in [9.17, 15) is 4.79 Å². The van der Waals surface area contributed by atoms with E-state index in [1.807, 2.05) is 12.1 Å². The molecule has 1 aromatic rings. The first-order valence-electron chi connectivity index (χ1n) is 4.74. The average molecular weight is 271 g/mol. The molecule has 0 radical (unpaired) electrons. The molecule has 0 aliphatic carbocycles. The summed E-state index contributed by atoms with van der Waals surface area (Å²) in [5.74, 6) is -0.326. The number of nitrogens with zero attached hydrogens (tertiary/aromatic N) is 1. The molecule has 0 fully saturated rings. The van der Waals surface area contributed by atoms with E-state index in [0.29, 0.717) is 0 Å². The van der Waals surface area contributed by atoms with Gasteiger partial charge >= 0.3 is 0 Å². The summed E-state index contributed by atoms with van der Waals surface area (Å²) in [5, 5.41) is 0. The Labute approximate surface area is 98.2 Å². The lowest BCUT2D eigenvalue weighted by molar-refractivity contribution is -0.117. The van der Waals surface area contributed by atoms with Gasteiger partial charge in [-0.1, -0.05) is 20.8 Å². The molecule has 0 aliphatic rings. The van der Waals surface area contributed by atoms with Crippen LogP contribution in [-0.4, -0.2) is 10.9 Å². The van der Waals surface area contributed by atoms with Gasteiger partial charge in [-0.25, -0.2) is 4.98 Å². The minimum absolute atomic E-state index is 0.0316. The summed E-state index contributed by atoms with van der Waals surface area (Å²) in [6.45, 7) is 6.24. The molecule has 0 aromatic carbocycles. The van der Waals surface area contributed by atoms with Crippen molar-refractivity contribution in [2.45, 2.75) is 32.6 Å². The number of hydrogen-bond acceptors (Lipinski definition) is 2. The van der Waals surface area contributed by atoms with E-state index in [1.165, 1.54) is 0 Å². The van der Waals surface area contributed by atoms with E-state index in [2.05, 4.69) is 41.7 Å². The molecule has 82 valence electrons. The van der Waals surface area contributed by atoms with Crippen LogP contribution in [0.2, 0.25) is 0 Å². The third kappa shape index (κ3) is 3.63. The van der Waals surface area contributed by atoms with Gasteiger partial charge in [-0.05, 0) is 33.6 Å². The Bertz CT molecular complexity index is 383. The predicted octanol–water partition coefficient (Wildman–Crippen LogP) is 2.17. The van der Waals surface area contributed by atoms with Gasteiger partial charge in [0, 0.05) is 11.1 Å². The van der Waals surface area contributed by atoms with Crippen LogP contribution in [0.15, 0.2) is 16.7 Å². The van der Waals surface area contributed by atoms with E-state index in [1.54, 1.807) is 0 Å². The largest absolute Gasteiger partial charge is 0.369 e. The molecule has 0 saturated carbocycles. The van der Waals surface area contributed by atoms with Gasteiger partial charge in [0.1, 0.15) is 4.60 Å². The molecule has 0 unspecified atom stereocenters. The van der Waals surface area contributed by atoms with E-state index >= 15 is 0 Å². The number of nitrogens with two attached hydrogens (primary N) is 1. The lowest BCUT2D eigenvalue weighted by Gasteiger charge is -2.18. The molecule has 1 rings (SSSR count). The van der Waals surface area contributed by atoms with Crippen LogP contribution in [-0.2, 0) is 16.6 Å². The van der Waals surface area contributed by atoms with Crippen LogP contribution < -0.4 is 5.73 Å². The smallest absolute Gasteiger partial charge is 0.221 e. The first-order chi connectivity index (χ1) is 6.79. The van der Waals surface area contributed by atoms with E-state index in [-0.39, 0.29) is 17.7 Å². The maximum Gasteiger partial charge on any atom is 0.221 e. The van der Waals surface area contributed by atoms with Crippen molar-refractivity contribution >= 4 is 21.8 Å². The van der Waals surface area contributed by atoms with Gasteiger partial charge in [0.25, 0.3) is 0 Å². The van der Waals surface area contributed by atoms with Crippen LogP contribution in [0.25, 0.3) is 0 Å². The fraction of sp³-hybridized carbons (Fsp3) is 0.455. The minimum atomic E-state index is -0.326. The second-order valence-electron chi connectivity index (χ2n) is 4.58. The van der Waals surface area contributed by atoms with Crippen LogP contribution in [0.1, 0.15) is 32.0 Å². The Kier molecular flexibility index (Phi) is 3.50. The molecule has 3 nitrogen and oxygen atoms in total. The number of rotatable bonds is 2. The highest BCUT2D eigenvalue weighted by atomic mass is 79.9. The van der Waals surface area contributed by atoms with Crippen LogP contribution in [0.3, 0.4) is 0 Å². The van der Waals surface area contributed by atoms with Gasteiger partial charge in [0.15, 0.2) is 0 Å². The first kappa shape index (κ1) is 12.2. The van der Waals surface area contributed by atoms with Crippen molar-refractivity contribution in [3.63, 3.8) is 0 Å². The number of pyridine rings is 1. The molecule has 0 spiro atoms. The van der Waals surface area contributed by atoms with Crippen molar-refractivity contribution in [1.29, 1.82) is 0 Å². The van der Waals surface area contributed by atoms with Gasteiger partial charge in [-0.15, -0.1) is 0 Å². The molecule has 0 aliphatic heterocycles. The topological polar surface area (TPSA) is 56.0 Å². The first-order valence-corrected chi connectivity index (χ1v) is 5.53. The zero-order valence-electron chi connectivity index (χ0n) is 9.17. The third-order valence-corrected chi connectivity index (χ3v) is 2.41. The molecule has 4 heteroatoms. The van der Waals surface area contributed by atoms with Crippen molar-refractivity contribution in [2.75, 3.05) is 0 Å². The lowest BCUT2D eigenvalue weighted by Crippen LogP contribution is -2.17. The van der Waals surface area contributed by atoms with Crippen molar-refractivity contribution in [2.24, 2.45) is 5.73 Å². The molecular formula is C11H15BrN2O. The van der Waals surface area contributed by atoms with E-state index in [0.717, 1.165) is 15.9 Å². The SMILES string of the molecule is CC(C)(C)c1cc(CC(N)=O)cc(Br)n1. The second-order valence-corrected chi connectivity index (χ2v) is 5.39. The van der Waals surface area contributed by atoms with Gasteiger partial charge in [0.2, 0.25) is 5.91 Å². The average Bonchev–Trinajstić information content (AvgIpc) is 1.99. The number of hydrogen-bond donors (Lipinski definition) is 1. The van der Waals surface area contributed by atoms with Gasteiger partial charge in [-0.3, -0.25) is 4.79 Å². The third-order valence-electron chi connectivity index (χ3n) is 2.00. The zero-order chi connectivity index (χ0) is 11.6. The standard InChI is InChI=1S/C11H15BrN2O/c1-11(2,3)8-4-7(6-10(13)15)5-9(12)14-8/h4-5H,6H2,1-3H3,(H2,13,15). The fourth-order valence-electron chi connectivity index (χ4n) is 1.24. The quantitative estimate of drug-likeness (QED) is 0.838.